The molecule has 1 aromatic carbocycles. The molecule has 0 amide bonds. The number of rotatable bonds is 3. The summed E-state index contributed by atoms with van der Waals surface area (Å²) in [6, 6.07) is 4.20. The fourth-order valence-corrected chi connectivity index (χ4v) is 3.19. The molecule has 7 heteroatoms. The minimum atomic E-state index is -3.50. The molecule has 0 spiro atoms. The van der Waals surface area contributed by atoms with Crippen LogP contribution in [0.5, 0.6) is 5.75 Å². The molecule has 94 valence electrons. The summed E-state index contributed by atoms with van der Waals surface area (Å²) in [7, 11) is -3.50. The number of aromatic hydroxyl groups is 1. The van der Waals surface area contributed by atoms with Gasteiger partial charge < -0.3 is 5.11 Å². The second-order valence-electron chi connectivity index (χ2n) is 3.88. The molecule has 17 heavy (non-hydrogen) atoms. The highest BCUT2D eigenvalue weighted by Gasteiger charge is 2.25. The summed E-state index contributed by atoms with van der Waals surface area (Å²) < 4.78 is 27.6. The average molecular weight is 277 g/mol. The van der Waals surface area contributed by atoms with E-state index < -0.39 is 10.2 Å². The van der Waals surface area contributed by atoms with E-state index in [4.69, 9.17) is 11.6 Å². The molecule has 0 radical (unpaired) electrons. The predicted molar refractivity (Wildman–Crippen MR) is 66.5 cm³/mol. The van der Waals surface area contributed by atoms with Gasteiger partial charge in [-0.25, -0.2) is 0 Å². The zero-order chi connectivity index (χ0) is 12.5. The summed E-state index contributed by atoms with van der Waals surface area (Å²) in [6.45, 7) is 1.09. The van der Waals surface area contributed by atoms with E-state index in [0.29, 0.717) is 18.8 Å². The minimum Gasteiger partial charge on any atom is -0.506 e. The van der Waals surface area contributed by atoms with Crippen LogP contribution in [-0.2, 0) is 10.2 Å². The zero-order valence-electron chi connectivity index (χ0n) is 9.06. The molecule has 2 rings (SSSR count). The average Bonchev–Trinajstić information content (AvgIpc) is 2.77. The third-order valence-electron chi connectivity index (χ3n) is 2.60. The van der Waals surface area contributed by atoms with Gasteiger partial charge in [-0.05, 0) is 31.0 Å². The summed E-state index contributed by atoms with van der Waals surface area (Å²) in [5.74, 6) is -0.0733. The van der Waals surface area contributed by atoms with Crippen LogP contribution in [0.1, 0.15) is 12.8 Å². The predicted octanol–water partition coefficient (Wildman–Crippen LogP) is 1.80. The summed E-state index contributed by atoms with van der Waals surface area (Å²) in [5.41, 5.74) is 0.347. The van der Waals surface area contributed by atoms with Gasteiger partial charge in [-0.2, -0.15) is 12.7 Å². The van der Waals surface area contributed by atoms with Crippen LogP contribution in [-0.4, -0.2) is 30.9 Å². The smallest absolute Gasteiger partial charge is 0.301 e. The van der Waals surface area contributed by atoms with Crippen molar-refractivity contribution in [1.82, 2.24) is 4.31 Å². The number of halogens is 1. The molecule has 5 nitrogen and oxygen atoms in total. The largest absolute Gasteiger partial charge is 0.506 e. The Balaban J connectivity index is 2.17. The number of hydrogen-bond acceptors (Lipinski definition) is 3. The lowest BCUT2D eigenvalue weighted by molar-refractivity contribution is 0.475. The zero-order valence-corrected chi connectivity index (χ0v) is 10.6. The number of benzene rings is 1. The second-order valence-corrected chi connectivity index (χ2v) is 5.96. The van der Waals surface area contributed by atoms with Gasteiger partial charge in [0.25, 0.3) is 0 Å². The Hall–Kier alpha value is -0.980. The van der Waals surface area contributed by atoms with Gasteiger partial charge in [0.2, 0.25) is 0 Å². The van der Waals surface area contributed by atoms with Crippen LogP contribution < -0.4 is 4.72 Å². The Morgan fingerprint density at radius 3 is 2.53 bits per heavy atom. The van der Waals surface area contributed by atoms with E-state index in [-0.39, 0.29) is 10.8 Å². The molecule has 0 bridgehead atoms. The van der Waals surface area contributed by atoms with E-state index in [2.05, 4.69) is 4.72 Å². The number of nitrogens with one attached hydrogen (secondary N) is 1. The third-order valence-corrected chi connectivity index (χ3v) is 4.44. The van der Waals surface area contributed by atoms with Crippen molar-refractivity contribution in [2.24, 2.45) is 0 Å². The van der Waals surface area contributed by atoms with Crippen molar-refractivity contribution in [3.63, 3.8) is 0 Å². The fourth-order valence-electron chi connectivity index (χ4n) is 1.71. The van der Waals surface area contributed by atoms with E-state index in [1.807, 2.05) is 0 Å². The molecule has 0 saturated carbocycles. The molecule has 1 aliphatic heterocycles. The topological polar surface area (TPSA) is 69.6 Å². The molecule has 1 aromatic rings. The fraction of sp³-hybridized carbons (Fsp3) is 0.400. The lowest BCUT2D eigenvalue weighted by Crippen LogP contribution is -2.33. The number of anilines is 1. The third kappa shape index (κ3) is 2.83. The lowest BCUT2D eigenvalue weighted by Gasteiger charge is -2.16. The Bertz CT molecular complexity index is 512. The van der Waals surface area contributed by atoms with Gasteiger partial charge in [-0.1, -0.05) is 11.6 Å². The van der Waals surface area contributed by atoms with E-state index in [1.54, 1.807) is 0 Å². The van der Waals surface area contributed by atoms with E-state index in [9.17, 15) is 13.5 Å². The van der Waals surface area contributed by atoms with Gasteiger partial charge in [0.15, 0.2) is 0 Å². The van der Waals surface area contributed by atoms with Gasteiger partial charge in [0.05, 0.1) is 10.7 Å². The molecule has 0 atom stereocenters. The first-order chi connectivity index (χ1) is 7.99. The Kier molecular flexibility index (Phi) is 3.46. The summed E-state index contributed by atoms with van der Waals surface area (Å²) in [6.07, 6.45) is 1.77. The summed E-state index contributed by atoms with van der Waals surface area (Å²) in [4.78, 5) is 0. The molecule has 1 saturated heterocycles. The van der Waals surface area contributed by atoms with Crippen LogP contribution in [0.25, 0.3) is 0 Å². The minimum absolute atomic E-state index is 0.0733. The molecule has 1 heterocycles. The molecule has 0 unspecified atom stereocenters. The Morgan fingerprint density at radius 2 is 1.94 bits per heavy atom. The highest BCUT2D eigenvalue weighted by atomic mass is 35.5. The standard InChI is InChI=1S/C10H13ClN2O3S/c11-9-7-8(3-4-10(9)14)12-17(15,16)13-5-1-2-6-13/h3-4,7,12,14H,1-2,5-6H2. The lowest BCUT2D eigenvalue weighted by atomic mass is 10.3. The van der Waals surface area contributed by atoms with Crippen molar-refractivity contribution in [2.45, 2.75) is 12.8 Å². The molecule has 1 aliphatic rings. The van der Waals surface area contributed by atoms with Crippen molar-refractivity contribution < 1.29 is 13.5 Å². The van der Waals surface area contributed by atoms with Gasteiger partial charge in [0, 0.05) is 13.1 Å². The van der Waals surface area contributed by atoms with Gasteiger partial charge >= 0.3 is 10.2 Å². The van der Waals surface area contributed by atoms with Gasteiger partial charge in [-0.3, -0.25) is 4.72 Å². The highest BCUT2D eigenvalue weighted by Crippen LogP contribution is 2.27. The van der Waals surface area contributed by atoms with Crippen LogP contribution in [0, 0.1) is 0 Å². The number of hydrogen-bond donors (Lipinski definition) is 2. The first-order valence-corrected chi connectivity index (χ1v) is 7.07. The van der Waals surface area contributed by atoms with Gasteiger partial charge in [-0.15, -0.1) is 0 Å². The van der Waals surface area contributed by atoms with Crippen LogP contribution in [0.3, 0.4) is 0 Å². The highest BCUT2D eigenvalue weighted by molar-refractivity contribution is 7.90. The van der Waals surface area contributed by atoms with Crippen LogP contribution >= 0.6 is 11.6 Å². The quantitative estimate of drug-likeness (QED) is 0.827. The molecule has 1 fully saturated rings. The van der Waals surface area contributed by atoms with Crippen molar-refractivity contribution in [3.05, 3.63) is 23.2 Å². The molecular formula is C10H13ClN2O3S. The number of nitrogens with zero attached hydrogens (tertiary/aromatic N) is 1. The SMILES string of the molecule is O=S(=O)(Nc1ccc(O)c(Cl)c1)N1CCCC1. The Morgan fingerprint density at radius 1 is 1.29 bits per heavy atom. The summed E-state index contributed by atoms with van der Waals surface area (Å²) >= 11 is 5.70. The van der Waals surface area contributed by atoms with E-state index >= 15 is 0 Å². The van der Waals surface area contributed by atoms with Crippen LogP contribution in [0.4, 0.5) is 5.69 Å². The molecule has 0 aromatic heterocycles. The number of phenolic OH excluding ortho intramolecular Hbond substituents is 1. The molecule has 2 N–H and O–H groups in total. The summed E-state index contributed by atoms with van der Waals surface area (Å²) in [5, 5.41) is 9.35. The van der Waals surface area contributed by atoms with Gasteiger partial charge in [0.1, 0.15) is 5.75 Å². The molecular weight excluding hydrogens is 264 g/mol. The Labute approximate surface area is 105 Å². The van der Waals surface area contributed by atoms with Crippen LogP contribution in [0.2, 0.25) is 5.02 Å². The normalized spacial score (nSPS) is 17.2. The van der Waals surface area contributed by atoms with E-state index in [1.165, 1.54) is 22.5 Å². The van der Waals surface area contributed by atoms with Crippen molar-refractivity contribution in [3.8, 4) is 5.75 Å². The maximum Gasteiger partial charge on any atom is 0.301 e. The van der Waals surface area contributed by atoms with Crippen molar-refractivity contribution in [1.29, 1.82) is 0 Å². The van der Waals surface area contributed by atoms with Crippen molar-refractivity contribution >= 4 is 27.5 Å². The second kappa shape index (κ2) is 4.72. The first kappa shape index (κ1) is 12.5. The first-order valence-electron chi connectivity index (χ1n) is 5.25. The van der Waals surface area contributed by atoms with Crippen LogP contribution in [0.15, 0.2) is 18.2 Å². The monoisotopic (exact) mass is 276 g/mol. The van der Waals surface area contributed by atoms with Crippen molar-refractivity contribution in [2.75, 3.05) is 17.8 Å². The number of phenols is 1. The molecule has 0 aliphatic carbocycles. The van der Waals surface area contributed by atoms with E-state index in [0.717, 1.165) is 12.8 Å². The maximum absolute atomic E-state index is 11.9. The maximum atomic E-state index is 11.9.